The van der Waals surface area contributed by atoms with Crippen molar-refractivity contribution in [3.05, 3.63) is 86.0 Å². The zero-order valence-electron chi connectivity index (χ0n) is 27.5. The van der Waals surface area contributed by atoms with Gasteiger partial charge in [0.05, 0.1) is 22.8 Å². The zero-order chi connectivity index (χ0) is 35.2. The van der Waals surface area contributed by atoms with Crippen molar-refractivity contribution in [2.45, 2.75) is 65.1 Å². The van der Waals surface area contributed by atoms with E-state index in [1.54, 1.807) is 30.2 Å². The number of fused-ring (bicyclic) bond motifs is 2. The molecule has 1 amide bonds. The van der Waals surface area contributed by atoms with Gasteiger partial charge in [-0.1, -0.05) is 42.8 Å². The molecule has 1 aliphatic carbocycles. The summed E-state index contributed by atoms with van der Waals surface area (Å²) < 4.78 is 48.1. The van der Waals surface area contributed by atoms with Gasteiger partial charge >= 0.3 is 12.3 Å². The SMILES string of the molecule is CCc1c(N2CCN(C(=O)OC(C)(C)C)CC2)c(=O)n2nc(C3=Cc4ccccc4C3)nc2n1CC(O)Nc1ccc(C(F)(F)F)cc1Cl. The lowest BCUT2D eigenvalue weighted by atomic mass is 10.1. The molecule has 0 bridgehead atoms. The predicted octanol–water partition coefficient (Wildman–Crippen LogP) is 5.71. The minimum absolute atomic E-state index is 0.104. The molecule has 260 valence electrons. The number of rotatable bonds is 7. The van der Waals surface area contributed by atoms with Gasteiger partial charge < -0.3 is 29.5 Å². The number of aliphatic hydroxyl groups excluding tert-OH is 1. The van der Waals surface area contributed by atoms with Crippen LogP contribution in [0.25, 0.3) is 17.4 Å². The van der Waals surface area contributed by atoms with E-state index in [4.69, 9.17) is 21.3 Å². The fraction of sp³-hybridized carbons (Fsp3) is 0.412. The number of carbonyl (C=O) groups is 1. The molecule has 2 aliphatic rings. The van der Waals surface area contributed by atoms with Crippen molar-refractivity contribution < 1.29 is 27.8 Å². The van der Waals surface area contributed by atoms with E-state index in [0.717, 1.165) is 34.9 Å². The number of benzene rings is 2. The quantitative estimate of drug-likeness (QED) is 0.236. The average Bonchev–Trinajstić information content (AvgIpc) is 3.67. The molecule has 1 saturated heterocycles. The number of anilines is 2. The number of carbonyl (C=O) groups excluding carboxylic acids is 1. The first-order valence-corrected chi connectivity index (χ1v) is 16.4. The van der Waals surface area contributed by atoms with E-state index in [0.29, 0.717) is 56.2 Å². The van der Waals surface area contributed by atoms with E-state index in [-0.39, 0.29) is 23.0 Å². The first-order valence-electron chi connectivity index (χ1n) is 16.0. The monoisotopic (exact) mass is 699 g/mol. The van der Waals surface area contributed by atoms with Crippen LogP contribution in [0, 0.1) is 0 Å². The largest absolute Gasteiger partial charge is 0.444 e. The molecule has 0 saturated carbocycles. The van der Waals surface area contributed by atoms with Crippen molar-refractivity contribution >= 4 is 46.5 Å². The van der Waals surface area contributed by atoms with Gasteiger partial charge in [-0.3, -0.25) is 4.79 Å². The fourth-order valence-electron chi connectivity index (χ4n) is 6.16. The van der Waals surface area contributed by atoms with Crippen LogP contribution < -0.4 is 15.8 Å². The zero-order valence-corrected chi connectivity index (χ0v) is 28.3. The summed E-state index contributed by atoms with van der Waals surface area (Å²) in [4.78, 5) is 35.3. The number of nitrogens with one attached hydrogen (secondary N) is 1. The summed E-state index contributed by atoms with van der Waals surface area (Å²) in [7, 11) is 0. The van der Waals surface area contributed by atoms with Crippen LogP contribution in [0.2, 0.25) is 5.02 Å². The van der Waals surface area contributed by atoms with Crippen LogP contribution in [0.5, 0.6) is 0 Å². The number of aromatic nitrogens is 4. The lowest BCUT2D eigenvalue weighted by Crippen LogP contribution is -2.51. The summed E-state index contributed by atoms with van der Waals surface area (Å²) in [5, 5.41) is 18.5. The highest BCUT2D eigenvalue weighted by molar-refractivity contribution is 6.33. The molecule has 15 heteroatoms. The molecular weight excluding hydrogens is 663 g/mol. The average molecular weight is 700 g/mol. The van der Waals surface area contributed by atoms with Crippen LogP contribution in [0.3, 0.4) is 0 Å². The number of aliphatic hydroxyl groups is 1. The Morgan fingerprint density at radius 3 is 2.45 bits per heavy atom. The second kappa shape index (κ2) is 13.0. The molecule has 1 fully saturated rings. The Balaban J connectivity index is 1.37. The minimum Gasteiger partial charge on any atom is -0.444 e. The minimum atomic E-state index is -4.57. The number of piperazine rings is 1. The first kappa shape index (κ1) is 34.3. The van der Waals surface area contributed by atoms with Crippen LogP contribution in [-0.2, 0) is 30.3 Å². The number of nitrogens with zero attached hydrogens (tertiary/aromatic N) is 6. The molecule has 2 aromatic heterocycles. The Morgan fingerprint density at radius 2 is 1.82 bits per heavy atom. The Hall–Kier alpha value is -4.56. The van der Waals surface area contributed by atoms with Gasteiger partial charge in [-0.15, -0.1) is 5.10 Å². The van der Waals surface area contributed by atoms with Crippen molar-refractivity contribution in [1.82, 2.24) is 24.1 Å². The van der Waals surface area contributed by atoms with E-state index in [9.17, 15) is 27.9 Å². The second-order valence-corrected chi connectivity index (χ2v) is 13.5. The van der Waals surface area contributed by atoms with Crippen LogP contribution in [0.4, 0.5) is 29.3 Å². The lowest BCUT2D eigenvalue weighted by molar-refractivity contribution is -0.137. The van der Waals surface area contributed by atoms with Crippen molar-refractivity contribution in [2.75, 3.05) is 36.4 Å². The summed E-state index contributed by atoms with van der Waals surface area (Å²) in [6.07, 6.45) is -3.42. The predicted molar refractivity (Wildman–Crippen MR) is 181 cm³/mol. The van der Waals surface area contributed by atoms with Gasteiger partial charge in [-0.25, -0.2) is 4.79 Å². The summed E-state index contributed by atoms with van der Waals surface area (Å²) in [6.45, 7) is 8.46. The molecule has 1 atom stereocenters. The molecule has 0 spiro atoms. The highest BCUT2D eigenvalue weighted by Gasteiger charge is 2.32. The fourth-order valence-corrected chi connectivity index (χ4v) is 6.40. The Morgan fingerprint density at radius 1 is 1.10 bits per heavy atom. The van der Waals surface area contributed by atoms with Gasteiger partial charge in [-0.2, -0.15) is 22.7 Å². The molecule has 2 aromatic carbocycles. The smallest absolute Gasteiger partial charge is 0.416 e. The third kappa shape index (κ3) is 7.11. The van der Waals surface area contributed by atoms with Gasteiger partial charge in [0.15, 0.2) is 5.82 Å². The topological polar surface area (TPSA) is 117 Å². The molecule has 1 aliphatic heterocycles. The Bertz CT molecular complexity index is 1990. The molecule has 0 radical (unpaired) electrons. The van der Waals surface area contributed by atoms with Crippen molar-refractivity contribution in [3.8, 4) is 0 Å². The maximum Gasteiger partial charge on any atom is 0.416 e. The number of halogens is 4. The lowest BCUT2D eigenvalue weighted by Gasteiger charge is -2.37. The molecule has 2 N–H and O–H groups in total. The Kier molecular flexibility index (Phi) is 9.14. The van der Waals surface area contributed by atoms with Crippen LogP contribution in [0.1, 0.15) is 55.9 Å². The number of hydrogen-bond acceptors (Lipinski definition) is 8. The maximum absolute atomic E-state index is 14.2. The van der Waals surface area contributed by atoms with Crippen molar-refractivity contribution in [2.24, 2.45) is 0 Å². The third-order valence-electron chi connectivity index (χ3n) is 8.44. The van der Waals surface area contributed by atoms with E-state index >= 15 is 0 Å². The highest BCUT2D eigenvalue weighted by atomic mass is 35.5. The molecule has 6 rings (SSSR count). The third-order valence-corrected chi connectivity index (χ3v) is 8.75. The number of allylic oxidation sites excluding steroid dienone is 1. The maximum atomic E-state index is 14.2. The van der Waals surface area contributed by atoms with Gasteiger partial charge in [0.2, 0.25) is 5.78 Å². The van der Waals surface area contributed by atoms with Crippen LogP contribution in [0.15, 0.2) is 47.3 Å². The van der Waals surface area contributed by atoms with Gasteiger partial charge in [-0.05, 0) is 62.6 Å². The molecule has 3 heterocycles. The van der Waals surface area contributed by atoms with E-state index in [1.807, 2.05) is 42.2 Å². The molecular formula is C34H37ClF3N7O4. The summed E-state index contributed by atoms with van der Waals surface area (Å²) in [5.41, 5.74) is 2.06. The number of hydrogen-bond donors (Lipinski definition) is 2. The number of ether oxygens (including phenoxy) is 1. The molecule has 1 unspecified atom stereocenters. The van der Waals surface area contributed by atoms with E-state index in [1.165, 1.54) is 4.52 Å². The van der Waals surface area contributed by atoms with Crippen LogP contribution in [-0.4, -0.2) is 73.3 Å². The summed E-state index contributed by atoms with van der Waals surface area (Å²) >= 11 is 6.17. The first-order chi connectivity index (χ1) is 23.1. The molecule has 4 aromatic rings. The second-order valence-electron chi connectivity index (χ2n) is 13.1. The molecule has 11 nitrogen and oxygen atoms in total. The number of amides is 1. The standard InChI is InChI=1S/C34H37ClF3N7O4/c1-5-26-28(42-12-14-43(15-13-42)32(48)49-33(2,3)4)30(47)45-31(40-29(41-45)22-16-20-8-6-7-9-21(20)17-22)44(26)19-27(46)39-25-11-10-23(18-24(25)35)34(36,37)38/h6-11,16,18,27,39,46H,5,12-15,17,19H2,1-4H3. The normalized spacial score (nSPS) is 15.7. The highest BCUT2D eigenvalue weighted by Crippen LogP contribution is 2.34. The van der Waals surface area contributed by atoms with Crippen molar-refractivity contribution in [3.63, 3.8) is 0 Å². The summed E-state index contributed by atoms with van der Waals surface area (Å²) in [5.74, 6) is 0.563. The van der Waals surface area contributed by atoms with Gasteiger partial charge in [0, 0.05) is 43.9 Å². The van der Waals surface area contributed by atoms with Crippen molar-refractivity contribution in [1.29, 1.82) is 0 Å². The van der Waals surface area contributed by atoms with Crippen LogP contribution >= 0.6 is 11.6 Å². The van der Waals surface area contributed by atoms with E-state index < -0.39 is 35.2 Å². The number of alkyl halides is 3. The van der Waals surface area contributed by atoms with Gasteiger partial charge in [0.25, 0.3) is 5.56 Å². The van der Waals surface area contributed by atoms with Gasteiger partial charge in [0.1, 0.15) is 17.5 Å². The Labute approximate surface area is 285 Å². The van der Waals surface area contributed by atoms with E-state index in [2.05, 4.69) is 10.4 Å². The molecule has 49 heavy (non-hydrogen) atoms. The summed E-state index contributed by atoms with van der Waals surface area (Å²) in [6, 6.07) is 10.7.